The van der Waals surface area contributed by atoms with Crippen LogP contribution in [-0.2, 0) is 11.0 Å². The first-order chi connectivity index (χ1) is 9.39. The molecule has 2 aromatic rings. The topological polar surface area (TPSA) is 55.1 Å². The lowest BCUT2D eigenvalue weighted by atomic mass is 10.1. The minimum atomic E-state index is -4.53. The number of nitrogens with one attached hydrogen (secondary N) is 1. The Morgan fingerprint density at radius 1 is 1.20 bits per heavy atom. The highest BCUT2D eigenvalue weighted by atomic mass is 32.1. The molecule has 0 aliphatic heterocycles. The van der Waals surface area contributed by atoms with Crippen molar-refractivity contribution in [1.29, 1.82) is 0 Å². The number of thiophene rings is 1. The van der Waals surface area contributed by atoms with Crippen molar-refractivity contribution in [3.05, 3.63) is 52.2 Å². The van der Waals surface area contributed by atoms with Crippen LogP contribution in [0.15, 0.2) is 41.8 Å². The number of halogens is 3. The molecule has 1 aromatic carbocycles. The predicted octanol–water partition coefficient (Wildman–Crippen LogP) is 3.41. The fraction of sp³-hybridized carbons (Fsp3) is 0.154. The second-order valence-electron chi connectivity index (χ2n) is 4.03. The zero-order valence-corrected chi connectivity index (χ0v) is 11.0. The molecule has 0 saturated carbocycles. The van der Waals surface area contributed by atoms with E-state index in [9.17, 15) is 18.0 Å². The van der Waals surface area contributed by atoms with Crippen LogP contribution < -0.4 is 11.1 Å². The van der Waals surface area contributed by atoms with Gasteiger partial charge in [-0.2, -0.15) is 13.2 Å². The van der Waals surface area contributed by atoms with E-state index in [0.29, 0.717) is 4.88 Å². The van der Waals surface area contributed by atoms with E-state index in [1.54, 1.807) is 17.5 Å². The molecule has 7 heteroatoms. The summed E-state index contributed by atoms with van der Waals surface area (Å²) in [4.78, 5) is 12.5. The summed E-state index contributed by atoms with van der Waals surface area (Å²) in [7, 11) is 0. The maximum absolute atomic E-state index is 12.8. The number of alkyl halides is 3. The summed E-state index contributed by atoms with van der Waals surface area (Å²) < 4.78 is 38.4. The van der Waals surface area contributed by atoms with Crippen molar-refractivity contribution in [2.75, 3.05) is 5.32 Å². The average Bonchev–Trinajstić information content (AvgIpc) is 2.91. The normalized spacial score (nSPS) is 13.0. The number of anilines is 1. The molecular formula is C13H11F3N2OS. The first kappa shape index (κ1) is 14.5. The predicted molar refractivity (Wildman–Crippen MR) is 71.3 cm³/mol. The van der Waals surface area contributed by atoms with Crippen molar-refractivity contribution in [2.45, 2.75) is 12.2 Å². The van der Waals surface area contributed by atoms with Crippen molar-refractivity contribution in [1.82, 2.24) is 0 Å². The number of nitrogens with two attached hydrogens (primary N) is 1. The Balaban J connectivity index is 2.20. The van der Waals surface area contributed by atoms with E-state index in [1.165, 1.54) is 29.5 Å². The Hall–Kier alpha value is -1.86. The molecular weight excluding hydrogens is 289 g/mol. The van der Waals surface area contributed by atoms with Crippen LogP contribution >= 0.6 is 11.3 Å². The van der Waals surface area contributed by atoms with E-state index in [0.717, 1.165) is 6.07 Å². The van der Waals surface area contributed by atoms with Gasteiger partial charge in [-0.1, -0.05) is 18.2 Å². The van der Waals surface area contributed by atoms with Gasteiger partial charge in [-0.3, -0.25) is 4.79 Å². The number of para-hydroxylation sites is 1. The van der Waals surface area contributed by atoms with Crippen LogP contribution in [0, 0.1) is 0 Å². The van der Waals surface area contributed by atoms with Gasteiger partial charge in [0.15, 0.2) is 0 Å². The summed E-state index contributed by atoms with van der Waals surface area (Å²) in [6, 6.07) is 7.17. The monoisotopic (exact) mass is 300 g/mol. The molecule has 3 N–H and O–H groups in total. The lowest BCUT2D eigenvalue weighted by molar-refractivity contribution is -0.137. The van der Waals surface area contributed by atoms with E-state index < -0.39 is 23.7 Å². The maximum Gasteiger partial charge on any atom is 0.418 e. The van der Waals surface area contributed by atoms with E-state index in [4.69, 9.17) is 5.73 Å². The SMILES string of the molecule is NC(C(=O)Nc1ccccc1C(F)(F)F)c1cccs1. The van der Waals surface area contributed by atoms with E-state index in [-0.39, 0.29) is 5.69 Å². The van der Waals surface area contributed by atoms with Crippen molar-refractivity contribution >= 4 is 22.9 Å². The van der Waals surface area contributed by atoms with Gasteiger partial charge in [0.1, 0.15) is 6.04 Å². The van der Waals surface area contributed by atoms with Gasteiger partial charge in [-0.25, -0.2) is 0 Å². The van der Waals surface area contributed by atoms with Gasteiger partial charge in [-0.05, 0) is 23.6 Å². The highest BCUT2D eigenvalue weighted by Crippen LogP contribution is 2.34. The lowest BCUT2D eigenvalue weighted by Crippen LogP contribution is -2.28. The van der Waals surface area contributed by atoms with Crippen LogP contribution in [0.25, 0.3) is 0 Å². The summed E-state index contributed by atoms with van der Waals surface area (Å²) in [5, 5.41) is 3.97. The molecule has 1 amide bonds. The number of amides is 1. The van der Waals surface area contributed by atoms with Gasteiger partial charge in [-0.15, -0.1) is 11.3 Å². The van der Waals surface area contributed by atoms with Crippen molar-refractivity contribution in [3.8, 4) is 0 Å². The first-order valence-electron chi connectivity index (χ1n) is 5.65. The molecule has 0 saturated heterocycles. The second kappa shape index (κ2) is 5.64. The summed E-state index contributed by atoms with van der Waals surface area (Å²) >= 11 is 1.27. The van der Waals surface area contributed by atoms with Crippen LogP contribution in [0.2, 0.25) is 0 Å². The number of hydrogen-bond donors (Lipinski definition) is 2. The third kappa shape index (κ3) is 3.17. The summed E-state index contributed by atoms with van der Waals surface area (Å²) in [5.41, 5.74) is 4.52. The van der Waals surface area contributed by atoms with E-state index >= 15 is 0 Å². The molecule has 106 valence electrons. The number of carbonyl (C=O) groups excluding carboxylic acids is 1. The first-order valence-corrected chi connectivity index (χ1v) is 6.53. The average molecular weight is 300 g/mol. The Bertz CT molecular complexity index is 596. The lowest BCUT2D eigenvalue weighted by Gasteiger charge is -2.15. The summed E-state index contributed by atoms with van der Waals surface area (Å²) in [6.07, 6.45) is -4.53. The molecule has 0 aliphatic carbocycles. The van der Waals surface area contributed by atoms with Gasteiger partial charge in [0, 0.05) is 4.88 Å². The molecule has 2 rings (SSSR count). The molecule has 0 aliphatic rings. The highest BCUT2D eigenvalue weighted by molar-refractivity contribution is 7.10. The Labute approximate surface area is 117 Å². The van der Waals surface area contributed by atoms with Crippen LogP contribution in [0.3, 0.4) is 0 Å². The fourth-order valence-electron chi connectivity index (χ4n) is 1.65. The maximum atomic E-state index is 12.8. The van der Waals surface area contributed by atoms with Crippen LogP contribution in [-0.4, -0.2) is 5.91 Å². The minimum Gasteiger partial charge on any atom is -0.324 e. The Morgan fingerprint density at radius 3 is 2.50 bits per heavy atom. The Morgan fingerprint density at radius 2 is 1.90 bits per heavy atom. The van der Waals surface area contributed by atoms with Gasteiger partial charge < -0.3 is 11.1 Å². The molecule has 1 unspecified atom stereocenters. The molecule has 3 nitrogen and oxygen atoms in total. The number of hydrogen-bond acceptors (Lipinski definition) is 3. The minimum absolute atomic E-state index is 0.294. The highest BCUT2D eigenvalue weighted by Gasteiger charge is 2.34. The van der Waals surface area contributed by atoms with Crippen LogP contribution in [0.1, 0.15) is 16.5 Å². The largest absolute Gasteiger partial charge is 0.418 e. The summed E-state index contributed by atoms with van der Waals surface area (Å²) in [5.74, 6) is -0.677. The number of benzene rings is 1. The van der Waals surface area contributed by atoms with Gasteiger partial charge >= 0.3 is 6.18 Å². The number of carbonyl (C=O) groups is 1. The smallest absolute Gasteiger partial charge is 0.324 e. The quantitative estimate of drug-likeness (QED) is 0.912. The van der Waals surface area contributed by atoms with Crippen LogP contribution in [0.5, 0.6) is 0 Å². The second-order valence-corrected chi connectivity index (χ2v) is 5.00. The fourth-order valence-corrected chi connectivity index (χ4v) is 2.37. The molecule has 1 atom stereocenters. The van der Waals surface area contributed by atoms with E-state index in [1.807, 2.05) is 0 Å². The standard InChI is InChI=1S/C13H11F3N2OS/c14-13(15,16)8-4-1-2-5-9(8)18-12(19)11(17)10-6-3-7-20-10/h1-7,11H,17H2,(H,18,19). The third-order valence-electron chi connectivity index (χ3n) is 2.62. The van der Waals surface area contributed by atoms with Crippen LogP contribution in [0.4, 0.5) is 18.9 Å². The Kier molecular flexibility index (Phi) is 4.10. The molecule has 1 heterocycles. The number of rotatable bonds is 3. The molecule has 0 bridgehead atoms. The zero-order valence-electron chi connectivity index (χ0n) is 10.1. The van der Waals surface area contributed by atoms with Gasteiger partial charge in [0.25, 0.3) is 0 Å². The molecule has 20 heavy (non-hydrogen) atoms. The molecule has 0 spiro atoms. The van der Waals surface area contributed by atoms with Gasteiger partial charge in [0.2, 0.25) is 5.91 Å². The molecule has 1 aromatic heterocycles. The van der Waals surface area contributed by atoms with Crippen molar-refractivity contribution in [3.63, 3.8) is 0 Å². The summed E-state index contributed by atoms with van der Waals surface area (Å²) in [6.45, 7) is 0. The molecule has 0 radical (unpaired) electrons. The van der Waals surface area contributed by atoms with Crippen molar-refractivity contribution < 1.29 is 18.0 Å². The van der Waals surface area contributed by atoms with E-state index in [2.05, 4.69) is 5.32 Å². The van der Waals surface area contributed by atoms with Crippen molar-refractivity contribution in [2.24, 2.45) is 5.73 Å². The third-order valence-corrected chi connectivity index (χ3v) is 3.58. The zero-order chi connectivity index (χ0) is 14.8. The molecule has 0 fully saturated rings. The van der Waals surface area contributed by atoms with Gasteiger partial charge in [0.05, 0.1) is 11.3 Å².